The van der Waals surface area contributed by atoms with Gasteiger partial charge in [-0.25, -0.2) is 9.97 Å². The van der Waals surface area contributed by atoms with Crippen molar-refractivity contribution in [3.8, 4) is 11.9 Å². The number of carbonyl (C=O) groups excluding carboxylic acids is 1. The Morgan fingerprint density at radius 3 is 2.94 bits per heavy atom. The van der Waals surface area contributed by atoms with Crippen molar-refractivity contribution in [2.75, 3.05) is 20.2 Å². The lowest BCUT2D eigenvalue weighted by Crippen LogP contribution is -2.35. The van der Waals surface area contributed by atoms with Crippen LogP contribution in [0.2, 0.25) is 0 Å². The van der Waals surface area contributed by atoms with E-state index in [1.807, 2.05) is 41.7 Å². The van der Waals surface area contributed by atoms with Gasteiger partial charge in [0, 0.05) is 44.6 Å². The fourth-order valence-corrected chi connectivity index (χ4v) is 3.77. The molecular formula is C23H24N6O2. The summed E-state index contributed by atoms with van der Waals surface area (Å²) in [7, 11) is 1.52. The molecule has 4 rings (SSSR count). The van der Waals surface area contributed by atoms with Crippen molar-refractivity contribution >= 4 is 5.91 Å². The van der Waals surface area contributed by atoms with E-state index < -0.39 is 0 Å². The average molecular weight is 416 g/mol. The van der Waals surface area contributed by atoms with Gasteiger partial charge in [0.2, 0.25) is 5.88 Å². The van der Waals surface area contributed by atoms with Crippen LogP contribution in [0.1, 0.15) is 33.6 Å². The highest BCUT2D eigenvalue weighted by atomic mass is 16.5. The van der Waals surface area contributed by atoms with Gasteiger partial charge >= 0.3 is 0 Å². The fourth-order valence-electron chi connectivity index (χ4n) is 3.77. The standard InChI is InChI=1S/C23H24N6O2/c1-31-22-21(3-2-9-26-22)23(30)28-10-8-19(15-28)27-13-20-12-25-16-29(20)14-18-6-4-17(11-24)5-7-18/h2-7,9,12,16,19,27H,8,10,13-15H2,1H3/t19-/m0/s1. The summed E-state index contributed by atoms with van der Waals surface area (Å²) in [5.41, 5.74) is 3.33. The maximum atomic E-state index is 12.9. The molecule has 31 heavy (non-hydrogen) atoms. The largest absolute Gasteiger partial charge is 0.480 e. The van der Waals surface area contributed by atoms with Crippen molar-refractivity contribution in [1.82, 2.24) is 24.8 Å². The fraction of sp³-hybridized carbons (Fsp3) is 0.304. The number of benzene rings is 1. The smallest absolute Gasteiger partial charge is 0.259 e. The summed E-state index contributed by atoms with van der Waals surface area (Å²) in [6, 6.07) is 13.4. The molecule has 1 saturated heterocycles. The molecular weight excluding hydrogens is 392 g/mol. The van der Waals surface area contributed by atoms with Gasteiger partial charge in [-0.2, -0.15) is 5.26 Å². The summed E-state index contributed by atoms with van der Waals surface area (Å²) in [6.07, 6.45) is 6.17. The Hall–Kier alpha value is -3.70. The molecule has 2 aromatic heterocycles. The number of rotatable bonds is 7. The number of imidazole rings is 1. The highest BCUT2D eigenvalue weighted by Crippen LogP contribution is 2.20. The topological polar surface area (TPSA) is 96.1 Å². The van der Waals surface area contributed by atoms with Crippen LogP contribution in [0.25, 0.3) is 0 Å². The van der Waals surface area contributed by atoms with Crippen molar-refractivity contribution in [3.05, 3.63) is 77.5 Å². The number of methoxy groups -OCH3 is 1. The molecule has 1 aliphatic rings. The van der Waals surface area contributed by atoms with Crippen LogP contribution in [0.15, 0.2) is 55.1 Å². The molecule has 8 nitrogen and oxygen atoms in total. The minimum Gasteiger partial charge on any atom is -0.480 e. The van der Waals surface area contributed by atoms with Crippen molar-refractivity contribution in [3.63, 3.8) is 0 Å². The Labute approximate surface area is 181 Å². The first-order chi connectivity index (χ1) is 15.2. The van der Waals surface area contributed by atoms with Crippen molar-refractivity contribution in [2.45, 2.75) is 25.6 Å². The molecule has 1 aliphatic heterocycles. The summed E-state index contributed by atoms with van der Waals surface area (Å²) in [5.74, 6) is 0.302. The molecule has 0 radical (unpaired) electrons. The minimum atomic E-state index is -0.0555. The van der Waals surface area contributed by atoms with E-state index in [1.54, 1.807) is 18.3 Å². The monoisotopic (exact) mass is 416 g/mol. The number of aromatic nitrogens is 3. The van der Waals surface area contributed by atoms with Crippen LogP contribution in [0.5, 0.6) is 5.88 Å². The number of carbonyl (C=O) groups is 1. The van der Waals surface area contributed by atoms with E-state index in [2.05, 4.69) is 25.9 Å². The molecule has 3 aromatic rings. The zero-order chi connectivity index (χ0) is 21.6. The molecule has 1 aromatic carbocycles. The number of ether oxygens (including phenoxy) is 1. The number of likely N-dealkylation sites (tertiary alicyclic amines) is 1. The van der Waals surface area contributed by atoms with Crippen LogP contribution in [-0.4, -0.2) is 51.6 Å². The van der Waals surface area contributed by atoms with E-state index >= 15 is 0 Å². The van der Waals surface area contributed by atoms with Crippen LogP contribution in [0.3, 0.4) is 0 Å². The molecule has 8 heteroatoms. The van der Waals surface area contributed by atoms with E-state index in [4.69, 9.17) is 10.00 Å². The van der Waals surface area contributed by atoms with Crippen LogP contribution in [-0.2, 0) is 13.1 Å². The SMILES string of the molecule is COc1ncccc1C(=O)N1CC[C@H](NCc2cncn2Cc2ccc(C#N)cc2)C1. The number of nitrogens with one attached hydrogen (secondary N) is 1. The normalized spacial score (nSPS) is 15.6. The maximum absolute atomic E-state index is 12.9. The Balaban J connectivity index is 1.33. The maximum Gasteiger partial charge on any atom is 0.259 e. The van der Waals surface area contributed by atoms with Gasteiger partial charge in [0.1, 0.15) is 5.56 Å². The number of hydrogen-bond donors (Lipinski definition) is 1. The number of hydrogen-bond acceptors (Lipinski definition) is 6. The molecule has 1 N–H and O–H groups in total. The van der Waals surface area contributed by atoms with Crippen LogP contribution in [0.4, 0.5) is 0 Å². The van der Waals surface area contributed by atoms with E-state index in [1.165, 1.54) is 7.11 Å². The minimum absolute atomic E-state index is 0.0555. The summed E-state index contributed by atoms with van der Waals surface area (Å²) in [6.45, 7) is 2.69. The van der Waals surface area contributed by atoms with Crippen molar-refractivity contribution < 1.29 is 9.53 Å². The van der Waals surface area contributed by atoms with Gasteiger partial charge in [-0.1, -0.05) is 12.1 Å². The zero-order valence-electron chi connectivity index (χ0n) is 17.4. The molecule has 0 bridgehead atoms. The predicted molar refractivity (Wildman–Crippen MR) is 114 cm³/mol. The van der Waals surface area contributed by atoms with Gasteiger partial charge in [0.15, 0.2) is 0 Å². The first-order valence-corrected chi connectivity index (χ1v) is 10.2. The van der Waals surface area contributed by atoms with Gasteiger partial charge in [-0.15, -0.1) is 0 Å². The third-order valence-electron chi connectivity index (χ3n) is 5.48. The molecule has 158 valence electrons. The Morgan fingerprint density at radius 2 is 2.16 bits per heavy atom. The van der Waals surface area contributed by atoms with E-state index in [0.29, 0.717) is 43.2 Å². The lowest BCUT2D eigenvalue weighted by Gasteiger charge is -2.18. The predicted octanol–water partition coefficient (Wildman–Crippen LogP) is 2.21. The van der Waals surface area contributed by atoms with Gasteiger partial charge in [-0.3, -0.25) is 4.79 Å². The second-order valence-electron chi connectivity index (χ2n) is 7.50. The molecule has 0 aliphatic carbocycles. The molecule has 0 unspecified atom stereocenters. The van der Waals surface area contributed by atoms with Crippen LogP contribution in [0, 0.1) is 11.3 Å². The zero-order valence-corrected chi connectivity index (χ0v) is 17.4. The van der Waals surface area contributed by atoms with Gasteiger partial charge in [0.05, 0.1) is 30.8 Å². The quantitative estimate of drug-likeness (QED) is 0.634. The molecule has 1 fully saturated rings. The highest BCUT2D eigenvalue weighted by molar-refractivity contribution is 5.96. The van der Waals surface area contributed by atoms with Crippen molar-refractivity contribution in [1.29, 1.82) is 5.26 Å². The summed E-state index contributed by atoms with van der Waals surface area (Å²) in [5, 5.41) is 12.5. The number of amides is 1. The third-order valence-corrected chi connectivity index (χ3v) is 5.48. The number of nitriles is 1. The van der Waals surface area contributed by atoms with E-state index in [0.717, 1.165) is 17.7 Å². The van der Waals surface area contributed by atoms with E-state index in [-0.39, 0.29) is 11.9 Å². The molecule has 0 saturated carbocycles. The van der Waals surface area contributed by atoms with E-state index in [9.17, 15) is 4.79 Å². The third kappa shape index (κ3) is 4.73. The van der Waals surface area contributed by atoms with Gasteiger partial charge in [-0.05, 0) is 36.2 Å². The Bertz CT molecular complexity index is 1090. The lowest BCUT2D eigenvalue weighted by atomic mass is 10.1. The summed E-state index contributed by atoms with van der Waals surface area (Å²) >= 11 is 0. The molecule has 1 amide bonds. The molecule has 0 spiro atoms. The Kier molecular flexibility index (Phi) is 6.24. The first kappa shape index (κ1) is 20.6. The molecule has 1 atom stereocenters. The van der Waals surface area contributed by atoms with Gasteiger partial charge in [0.25, 0.3) is 5.91 Å². The molecule has 3 heterocycles. The number of pyridine rings is 1. The first-order valence-electron chi connectivity index (χ1n) is 10.2. The van der Waals surface area contributed by atoms with Crippen molar-refractivity contribution in [2.24, 2.45) is 0 Å². The summed E-state index contributed by atoms with van der Waals surface area (Å²) < 4.78 is 7.31. The van der Waals surface area contributed by atoms with Crippen LogP contribution < -0.4 is 10.1 Å². The highest BCUT2D eigenvalue weighted by Gasteiger charge is 2.28. The van der Waals surface area contributed by atoms with Crippen LogP contribution >= 0.6 is 0 Å². The lowest BCUT2D eigenvalue weighted by molar-refractivity contribution is 0.0785. The second kappa shape index (κ2) is 9.41. The average Bonchev–Trinajstić information content (AvgIpc) is 3.47. The Morgan fingerprint density at radius 1 is 1.32 bits per heavy atom. The number of nitrogens with zero attached hydrogens (tertiary/aromatic N) is 5. The second-order valence-corrected chi connectivity index (χ2v) is 7.50. The summed E-state index contributed by atoms with van der Waals surface area (Å²) in [4.78, 5) is 23.1. The van der Waals surface area contributed by atoms with Gasteiger partial charge < -0.3 is 19.5 Å².